The van der Waals surface area contributed by atoms with Gasteiger partial charge < -0.3 is 28.4 Å². The fraction of sp³-hybridized carbons (Fsp3) is 0.200. The van der Waals surface area contributed by atoms with Crippen molar-refractivity contribution in [1.82, 2.24) is 0 Å². The zero-order chi connectivity index (χ0) is 35.5. The van der Waals surface area contributed by atoms with Crippen molar-refractivity contribution in [2.45, 2.75) is 40.0 Å². The van der Waals surface area contributed by atoms with E-state index in [0.29, 0.717) is 53.8 Å². The maximum atomic E-state index is 6.44. The van der Waals surface area contributed by atoms with Gasteiger partial charge >= 0.3 is 0 Å². The largest absolute Gasteiger partial charge is 0.493 e. The lowest BCUT2D eigenvalue weighted by atomic mass is 9.94. The van der Waals surface area contributed by atoms with Gasteiger partial charge in [-0.15, -0.1) is 0 Å². The third-order valence-corrected chi connectivity index (χ3v) is 9.35. The first kappa shape index (κ1) is 33.6. The lowest BCUT2D eigenvalue weighted by Crippen LogP contribution is -2.02. The summed E-state index contributed by atoms with van der Waals surface area (Å²) in [6, 6.07) is 36.8. The lowest BCUT2D eigenvalue weighted by molar-refractivity contribution is 0.377. The molecular weight excluding hydrogens is 636 g/mol. The molecule has 0 aromatic heterocycles. The Labute approximate surface area is 300 Å². The molecule has 6 heteroatoms. The standard InChI is InChI=1S/C45H42O6/c1-28-7-13-37(14-8-28)49-43-25-34-19-32-23-41(47-5)45(51-39-17-11-30(3)12-18-39)27-36(32)21-33-24-42(48-6)44(50-38-15-9-29(2)10-16-38)26-35(33)20-31(34)22-40(43)46-4/h7-18,22-27H,19-21H2,1-6H3. The van der Waals surface area contributed by atoms with Crippen LogP contribution < -0.4 is 28.4 Å². The van der Waals surface area contributed by atoms with E-state index in [-0.39, 0.29) is 0 Å². The number of hydrogen-bond donors (Lipinski definition) is 0. The van der Waals surface area contributed by atoms with Gasteiger partial charge in [-0.05, 0) is 146 Å². The molecule has 51 heavy (non-hydrogen) atoms. The molecule has 6 aromatic carbocycles. The molecular formula is C45H42O6. The van der Waals surface area contributed by atoms with Crippen molar-refractivity contribution in [1.29, 1.82) is 0 Å². The first-order chi connectivity index (χ1) is 24.8. The molecule has 0 aliphatic heterocycles. The van der Waals surface area contributed by atoms with Crippen LogP contribution in [0.2, 0.25) is 0 Å². The highest BCUT2D eigenvalue weighted by molar-refractivity contribution is 5.59. The van der Waals surface area contributed by atoms with E-state index in [1.54, 1.807) is 21.3 Å². The Morgan fingerprint density at radius 3 is 0.745 bits per heavy atom. The van der Waals surface area contributed by atoms with E-state index < -0.39 is 0 Å². The molecule has 0 amide bonds. The summed E-state index contributed by atoms with van der Waals surface area (Å²) < 4.78 is 37.1. The molecule has 0 fully saturated rings. The normalized spacial score (nSPS) is 11.9. The maximum absolute atomic E-state index is 6.44. The van der Waals surface area contributed by atoms with E-state index in [0.717, 1.165) is 50.6 Å². The summed E-state index contributed by atoms with van der Waals surface area (Å²) >= 11 is 0. The smallest absolute Gasteiger partial charge is 0.169 e. The molecule has 1 aliphatic rings. The Morgan fingerprint density at radius 1 is 0.314 bits per heavy atom. The number of aryl methyl sites for hydroxylation is 3. The fourth-order valence-electron chi connectivity index (χ4n) is 6.45. The predicted molar refractivity (Wildman–Crippen MR) is 201 cm³/mol. The highest BCUT2D eigenvalue weighted by Crippen LogP contribution is 2.43. The van der Waals surface area contributed by atoms with Crippen LogP contribution in [0, 0.1) is 20.8 Å². The Bertz CT molecular complexity index is 1920. The quantitative estimate of drug-likeness (QED) is 0.151. The molecule has 0 heterocycles. The first-order valence-corrected chi connectivity index (χ1v) is 17.1. The van der Waals surface area contributed by atoms with Crippen molar-refractivity contribution in [3.8, 4) is 51.7 Å². The van der Waals surface area contributed by atoms with Crippen LogP contribution in [-0.2, 0) is 19.3 Å². The minimum absolute atomic E-state index is 0.651. The minimum Gasteiger partial charge on any atom is -0.493 e. The van der Waals surface area contributed by atoms with Gasteiger partial charge in [0.1, 0.15) is 17.2 Å². The lowest BCUT2D eigenvalue weighted by Gasteiger charge is -2.18. The van der Waals surface area contributed by atoms with Gasteiger partial charge in [-0.3, -0.25) is 0 Å². The molecule has 258 valence electrons. The molecule has 7 rings (SSSR count). The Kier molecular flexibility index (Phi) is 9.58. The van der Waals surface area contributed by atoms with Crippen molar-refractivity contribution in [3.05, 3.63) is 159 Å². The Hall–Kier alpha value is -5.88. The summed E-state index contributed by atoms with van der Waals surface area (Å²) in [5.41, 5.74) is 10.3. The Balaban J connectivity index is 1.38. The van der Waals surface area contributed by atoms with Gasteiger partial charge in [0, 0.05) is 0 Å². The number of fused-ring (bicyclic) bond motifs is 3. The fourth-order valence-corrected chi connectivity index (χ4v) is 6.45. The predicted octanol–water partition coefficient (Wildman–Crippen LogP) is 11.1. The van der Waals surface area contributed by atoms with Crippen LogP contribution in [0.4, 0.5) is 0 Å². The van der Waals surface area contributed by atoms with E-state index in [1.807, 2.05) is 72.8 Å². The summed E-state index contributed by atoms with van der Waals surface area (Å²) in [7, 11) is 5.04. The van der Waals surface area contributed by atoms with Crippen LogP contribution in [-0.4, -0.2) is 21.3 Å². The zero-order valence-electron chi connectivity index (χ0n) is 30.0. The van der Waals surface area contributed by atoms with Gasteiger partial charge in [-0.1, -0.05) is 53.1 Å². The molecule has 0 spiro atoms. The molecule has 0 radical (unpaired) electrons. The average molecular weight is 679 g/mol. The van der Waals surface area contributed by atoms with Gasteiger partial charge in [0.05, 0.1) is 21.3 Å². The summed E-state index contributed by atoms with van der Waals surface area (Å²) in [5.74, 6) is 6.21. The third-order valence-electron chi connectivity index (χ3n) is 9.35. The van der Waals surface area contributed by atoms with E-state index in [1.165, 1.54) is 16.7 Å². The number of rotatable bonds is 9. The van der Waals surface area contributed by atoms with Crippen LogP contribution in [0.5, 0.6) is 51.7 Å². The molecule has 6 nitrogen and oxygen atoms in total. The second-order valence-electron chi connectivity index (χ2n) is 13.1. The maximum Gasteiger partial charge on any atom is 0.169 e. The summed E-state index contributed by atoms with van der Waals surface area (Å²) in [4.78, 5) is 0. The monoisotopic (exact) mass is 678 g/mol. The highest BCUT2D eigenvalue weighted by Gasteiger charge is 2.23. The summed E-state index contributed by atoms with van der Waals surface area (Å²) in [6.45, 7) is 6.19. The second-order valence-corrected chi connectivity index (χ2v) is 13.1. The van der Waals surface area contributed by atoms with Crippen molar-refractivity contribution >= 4 is 0 Å². The van der Waals surface area contributed by atoms with Crippen molar-refractivity contribution in [3.63, 3.8) is 0 Å². The summed E-state index contributed by atoms with van der Waals surface area (Å²) in [6.07, 6.45) is 1.95. The SMILES string of the molecule is COc1cc2c(cc1Oc1ccc(C)cc1)Cc1cc(OC)c(Oc3ccc(C)cc3)cc1Cc1cc(OC)c(Oc3ccc(C)cc3)cc1C2. The molecule has 0 bridgehead atoms. The van der Waals surface area contributed by atoms with Crippen LogP contribution in [0.15, 0.2) is 109 Å². The topological polar surface area (TPSA) is 55.4 Å². The van der Waals surface area contributed by atoms with Gasteiger partial charge in [0.15, 0.2) is 34.5 Å². The van der Waals surface area contributed by atoms with Crippen molar-refractivity contribution in [2.75, 3.05) is 21.3 Å². The van der Waals surface area contributed by atoms with Crippen LogP contribution >= 0.6 is 0 Å². The van der Waals surface area contributed by atoms with Crippen LogP contribution in [0.1, 0.15) is 50.1 Å². The van der Waals surface area contributed by atoms with E-state index in [9.17, 15) is 0 Å². The van der Waals surface area contributed by atoms with Gasteiger partial charge in [-0.25, -0.2) is 0 Å². The third kappa shape index (κ3) is 7.51. The van der Waals surface area contributed by atoms with Gasteiger partial charge in [0.2, 0.25) is 0 Å². The van der Waals surface area contributed by atoms with Crippen LogP contribution in [0.3, 0.4) is 0 Å². The highest BCUT2D eigenvalue weighted by atomic mass is 16.5. The first-order valence-electron chi connectivity index (χ1n) is 17.1. The number of hydrogen-bond acceptors (Lipinski definition) is 6. The molecule has 6 aromatic rings. The molecule has 0 unspecified atom stereocenters. The average Bonchev–Trinajstić information content (AvgIpc) is 3.19. The number of benzene rings is 6. The molecule has 0 N–H and O–H groups in total. The molecule has 0 saturated heterocycles. The Morgan fingerprint density at radius 2 is 0.529 bits per heavy atom. The zero-order valence-corrected chi connectivity index (χ0v) is 30.0. The molecule has 1 aliphatic carbocycles. The van der Waals surface area contributed by atoms with Crippen molar-refractivity contribution < 1.29 is 28.4 Å². The van der Waals surface area contributed by atoms with Crippen molar-refractivity contribution in [2.24, 2.45) is 0 Å². The number of ether oxygens (including phenoxy) is 6. The molecule has 0 atom stereocenters. The minimum atomic E-state index is 0.651. The second kappa shape index (κ2) is 14.5. The van der Waals surface area contributed by atoms with Crippen LogP contribution in [0.25, 0.3) is 0 Å². The van der Waals surface area contributed by atoms with E-state index in [2.05, 4.69) is 57.2 Å². The van der Waals surface area contributed by atoms with Gasteiger partial charge in [0.25, 0.3) is 0 Å². The van der Waals surface area contributed by atoms with E-state index >= 15 is 0 Å². The number of methoxy groups -OCH3 is 3. The van der Waals surface area contributed by atoms with E-state index in [4.69, 9.17) is 28.4 Å². The summed E-state index contributed by atoms with van der Waals surface area (Å²) in [5, 5.41) is 0. The molecule has 0 saturated carbocycles. The van der Waals surface area contributed by atoms with Gasteiger partial charge in [-0.2, -0.15) is 0 Å².